The molecule has 0 spiro atoms. The average Bonchev–Trinajstić information content (AvgIpc) is 3.28. The first kappa shape index (κ1) is 23.2. The van der Waals surface area contributed by atoms with Crippen LogP contribution in [-0.4, -0.2) is 49.4 Å². The number of aliphatic imine (C=N–C) groups is 1. The number of carbonyl (C=O) groups is 2. The van der Waals surface area contributed by atoms with E-state index in [1.165, 1.54) is 17.7 Å². The number of nitrogens with one attached hydrogen (secondary N) is 2. The van der Waals surface area contributed by atoms with E-state index in [9.17, 15) is 9.59 Å². The zero-order chi connectivity index (χ0) is 19.6. The maximum Gasteiger partial charge on any atom is 0.233 e. The normalized spacial score (nSPS) is 28.6. The average molecular weight is 502 g/mol. The lowest BCUT2D eigenvalue weighted by Gasteiger charge is -2.19. The summed E-state index contributed by atoms with van der Waals surface area (Å²) in [7, 11) is 1.74. The molecule has 1 heterocycles. The van der Waals surface area contributed by atoms with Crippen molar-refractivity contribution >= 4 is 41.8 Å². The number of rotatable bonds is 7. The Bertz CT molecular complexity index is 611. The summed E-state index contributed by atoms with van der Waals surface area (Å²) in [6.07, 6.45) is 8.72. The monoisotopic (exact) mass is 502 g/mol. The molecule has 0 radical (unpaired) electrons. The number of hydrogen-bond acceptors (Lipinski definition) is 3. The van der Waals surface area contributed by atoms with Crippen molar-refractivity contribution in [3.8, 4) is 0 Å². The highest BCUT2D eigenvalue weighted by molar-refractivity contribution is 14.0. The van der Waals surface area contributed by atoms with Gasteiger partial charge >= 0.3 is 0 Å². The predicted octanol–water partition coefficient (Wildman–Crippen LogP) is 2.79. The van der Waals surface area contributed by atoms with Crippen LogP contribution in [0.15, 0.2) is 17.1 Å². The molecule has 4 atom stereocenters. The Balaban J connectivity index is 0.00000280. The Morgan fingerprint density at radius 2 is 1.64 bits per heavy atom. The number of likely N-dealkylation sites (tertiary alicyclic amines) is 1. The largest absolute Gasteiger partial charge is 0.356 e. The zero-order valence-corrected chi connectivity index (χ0v) is 19.9. The van der Waals surface area contributed by atoms with Gasteiger partial charge in [0.25, 0.3) is 0 Å². The highest BCUT2D eigenvalue weighted by Crippen LogP contribution is 2.52. The summed E-state index contributed by atoms with van der Waals surface area (Å²) in [6, 6.07) is 0. The van der Waals surface area contributed by atoms with E-state index in [0.717, 1.165) is 25.3 Å². The standard InChI is InChI=1S/C21H34N4O2.HI/c1-21(2,3)9-5-6-10-23-20(22-4)24-11-12-25-18(26)16-14-7-8-15(13-14)17(16)19(25)27;/h7-8,14-17H,5-6,9-13H2,1-4H3,(H2,22,23,24);1H. The Morgan fingerprint density at radius 3 is 2.18 bits per heavy atom. The van der Waals surface area contributed by atoms with Gasteiger partial charge in [-0.3, -0.25) is 19.5 Å². The second kappa shape index (κ2) is 9.59. The summed E-state index contributed by atoms with van der Waals surface area (Å²) in [5.74, 6) is 1.11. The van der Waals surface area contributed by atoms with Gasteiger partial charge in [0.1, 0.15) is 0 Å². The number of amides is 2. The second-order valence-corrected chi connectivity index (χ2v) is 9.27. The molecule has 2 aliphatic carbocycles. The van der Waals surface area contributed by atoms with Gasteiger partial charge in [0.15, 0.2) is 5.96 Å². The fraction of sp³-hybridized carbons (Fsp3) is 0.762. The third kappa shape index (κ3) is 5.07. The molecule has 1 saturated carbocycles. The number of unbranched alkanes of at least 4 members (excludes halogenated alkanes) is 1. The second-order valence-electron chi connectivity index (χ2n) is 9.27. The molecule has 0 aromatic rings. The first-order valence-corrected chi connectivity index (χ1v) is 10.3. The zero-order valence-electron chi connectivity index (χ0n) is 17.5. The van der Waals surface area contributed by atoms with Crippen molar-refractivity contribution in [2.45, 2.75) is 46.5 Å². The molecule has 3 aliphatic rings. The SMILES string of the molecule is CN=C(NCCCCC(C)(C)C)NCCN1C(=O)C2C3C=CC(C3)C2C1=O.I. The van der Waals surface area contributed by atoms with Crippen molar-refractivity contribution in [3.05, 3.63) is 12.2 Å². The number of halogens is 1. The minimum absolute atomic E-state index is 0. The van der Waals surface area contributed by atoms with Crippen molar-refractivity contribution in [2.75, 3.05) is 26.7 Å². The highest BCUT2D eigenvalue weighted by atomic mass is 127. The number of carbonyl (C=O) groups excluding carboxylic acids is 2. The molecule has 2 N–H and O–H groups in total. The molecular weight excluding hydrogens is 467 g/mol. The van der Waals surface area contributed by atoms with Gasteiger partial charge in [0.2, 0.25) is 11.8 Å². The molecule has 2 bridgehead atoms. The van der Waals surface area contributed by atoms with Crippen LogP contribution in [0.1, 0.15) is 46.5 Å². The van der Waals surface area contributed by atoms with Crippen LogP contribution >= 0.6 is 24.0 Å². The van der Waals surface area contributed by atoms with Gasteiger partial charge < -0.3 is 10.6 Å². The summed E-state index contributed by atoms with van der Waals surface area (Å²) in [5.41, 5.74) is 0.377. The summed E-state index contributed by atoms with van der Waals surface area (Å²) >= 11 is 0. The van der Waals surface area contributed by atoms with Crippen molar-refractivity contribution in [2.24, 2.45) is 34.1 Å². The van der Waals surface area contributed by atoms with E-state index >= 15 is 0 Å². The molecule has 3 rings (SSSR count). The molecule has 2 fully saturated rings. The van der Waals surface area contributed by atoms with Crippen LogP contribution in [0.2, 0.25) is 0 Å². The minimum Gasteiger partial charge on any atom is -0.356 e. The Kier molecular flexibility index (Phi) is 7.93. The van der Waals surface area contributed by atoms with E-state index in [0.29, 0.717) is 18.5 Å². The van der Waals surface area contributed by atoms with E-state index in [-0.39, 0.29) is 59.5 Å². The van der Waals surface area contributed by atoms with Gasteiger partial charge in [0, 0.05) is 26.7 Å². The van der Waals surface area contributed by atoms with E-state index < -0.39 is 0 Å². The van der Waals surface area contributed by atoms with E-state index in [1.54, 1.807) is 7.05 Å². The predicted molar refractivity (Wildman–Crippen MR) is 123 cm³/mol. The number of nitrogens with zero attached hydrogens (tertiary/aromatic N) is 2. The molecule has 158 valence electrons. The van der Waals surface area contributed by atoms with E-state index in [2.05, 4.69) is 48.5 Å². The Labute approximate surface area is 186 Å². The molecule has 6 nitrogen and oxygen atoms in total. The van der Waals surface area contributed by atoms with Crippen LogP contribution in [0.3, 0.4) is 0 Å². The molecule has 0 aromatic heterocycles. The third-order valence-corrected chi connectivity index (χ3v) is 6.06. The van der Waals surface area contributed by atoms with Gasteiger partial charge in [-0.2, -0.15) is 0 Å². The first-order chi connectivity index (χ1) is 12.8. The van der Waals surface area contributed by atoms with Gasteiger partial charge in [-0.05, 0) is 36.5 Å². The Hall–Kier alpha value is -1.12. The van der Waals surface area contributed by atoms with Crippen LogP contribution < -0.4 is 10.6 Å². The molecular formula is C21H35IN4O2. The fourth-order valence-corrected chi connectivity index (χ4v) is 4.68. The number of guanidine groups is 1. The van der Waals surface area contributed by atoms with Gasteiger partial charge in [-0.25, -0.2) is 0 Å². The highest BCUT2D eigenvalue weighted by Gasteiger charge is 2.58. The molecule has 1 aliphatic heterocycles. The molecule has 2 amide bonds. The third-order valence-electron chi connectivity index (χ3n) is 6.06. The minimum atomic E-state index is -0.104. The number of allylic oxidation sites excluding steroid dienone is 2. The lowest BCUT2D eigenvalue weighted by atomic mass is 9.85. The first-order valence-electron chi connectivity index (χ1n) is 10.3. The van der Waals surface area contributed by atoms with Crippen molar-refractivity contribution in [1.82, 2.24) is 15.5 Å². The van der Waals surface area contributed by atoms with Crippen molar-refractivity contribution < 1.29 is 9.59 Å². The van der Waals surface area contributed by atoms with Crippen LogP contribution in [0.25, 0.3) is 0 Å². The maximum atomic E-state index is 12.7. The molecule has 7 heteroatoms. The van der Waals surface area contributed by atoms with Gasteiger partial charge in [-0.1, -0.05) is 39.3 Å². The number of hydrogen-bond donors (Lipinski definition) is 2. The summed E-state index contributed by atoms with van der Waals surface area (Å²) in [5, 5.41) is 6.53. The van der Waals surface area contributed by atoms with Crippen LogP contribution in [0.4, 0.5) is 0 Å². The van der Waals surface area contributed by atoms with Crippen molar-refractivity contribution in [1.29, 1.82) is 0 Å². The van der Waals surface area contributed by atoms with Crippen LogP contribution in [0.5, 0.6) is 0 Å². The number of fused-ring (bicyclic) bond motifs is 5. The number of imide groups is 1. The molecule has 0 aromatic carbocycles. The molecule has 1 saturated heterocycles. The van der Waals surface area contributed by atoms with Crippen LogP contribution in [-0.2, 0) is 9.59 Å². The smallest absolute Gasteiger partial charge is 0.233 e. The van der Waals surface area contributed by atoms with Crippen LogP contribution in [0, 0.1) is 29.1 Å². The van der Waals surface area contributed by atoms with Gasteiger partial charge in [-0.15, -0.1) is 24.0 Å². The summed E-state index contributed by atoms with van der Waals surface area (Å²) in [4.78, 5) is 31.0. The van der Waals surface area contributed by atoms with E-state index in [4.69, 9.17) is 0 Å². The summed E-state index contributed by atoms with van der Waals surface area (Å²) in [6.45, 7) is 8.60. The summed E-state index contributed by atoms with van der Waals surface area (Å²) < 4.78 is 0. The lowest BCUT2D eigenvalue weighted by molar-refractivity contribution is -0.140. The maximum absolute atomic E-state index is 12.7. The topological polar surface area (TPSA) is 73.8 Å². The quantitative estimate of drug-likeness (QED) is 0.140. The molecule has 4 unspecified atom stereocenters. The van der Waals surface area contributed by atoms with Crippen molar-refractivity contribution in [3.63, 3.8) is 0 Å². The fourth-order valence-electron chi connectivity index (χ4n) is 4.68. The van der Waals surface area contributed by atoms with Gasteiger partial charge in [0.05, 0.1) is 11.8 Å². The van der Waals surface area contributed by atoms with E-state index in [1.807, 2.05) is 0 Å². The Morgan fingerprint density at radius 1 is 1.07 bits per heavy atom. The lowest BCUT2D eigenvalue weighted by Crippen LogP contribution is -2.43. The molecule has 28 heavy (non-hydrogen) atoms.